The SMILES string of the molecule is CC/C=C\C/C=C\C/C=C\C/C=C\C/C=C\C/C=C\C/C=C\CCCCCCCCCCCCCC(=O)OC(COC(=O)CCCCCCCCCCCCCCCCCCCCCC)COP(=O)(O)OCC[N+](C)(C)C. The van der Waals surface area contributed by atoms with Crippen molar-refractivity contribution in [2.24, 2.45) is 0 Å². The van der Waals surface area contributed by atoms with Gasteiger partial charge in [-0.15, -0.1) is 0 Å². The van der Waals surface area contributed by atoms with Gasteiger partial charge in [-0.1, -0.05) is 279 Å². The van der Waals surface area contributed by atoms with Gasteiger partial charge in [0.15, 0.2) is 6.10 Å². The Labute approximate surface area is 475 Å². The molecule has 0 saturated carbocycles. The number of hydrogen-bond donors (Lipinski definition) is 1. The lowest BCUT2D eigenvalue weighted by atomic mass is 10.0. The van der Waals surface area contributed by atoms with E-state index in [-0.39, 0.29) is 32.0 Å². The fourth-order valence-electron chi connectivity index (χ4n) is 8.82. The molecular weight excluding hydrogens is 978 g/mol. The molecule has 0 aliphatic rings. The Hall–Kier alpha value is -2.81. The van der Waals surface area contributed by atoms with Crippen LogP contribution in [0.5, 0.6) is 0 Å². The molecule has 1 N–H and O–H groups in total. The molecule has 0 aromatic heterocycles. The molecule has 0 aromatic rings. The van der Waals surface area contributed by atoms with E-state index < -0.39 is 26.5 Å². The molecule has 9 nitrogen and oxygen atoms in total. The Morgan fingerprint density at radius 1 is 0.416 bits per heavy atom. The first kappa shape index (κ1) is 74.2. The second-order valence-electron chi connectivity index (χ2n) is 22.4. The number of phosphoric acid groups is 1. The number of carbonyl (C=O) groups excluding carboxylic acids is 2. The van der Waals surface area contributed by atoms with Gasteiger partial charge in [0.2, 0.25) is 0 Å². The minimum atomic E-state index is -4.39. The van der Waals surface area contributed by atoms with E-state index in [1.807, 2.05) is 21.1 Å². The number of allylic oxidation sites excluding steroid dienone is 14. The van der Waals surface area contributed by atoms with Gasteiger partial charge in [0, 0.05) is 12.8 Å². The van der Waals surface area contributed by atoms with Crippen LogP contribution in [-0.2, 0) is 32.7 Å². The number of quaternary nitrogens is 1. The highest BCUT2D eigenvalue weighted by molar-refractivity contribution is 7.47. The van der Waals surface area contributed by atoms with E-state index in [9.17, 15) is 19.0 Å². The zero-order chi connectivity index (χ0) is 56.3. The monoisotopic (exact) mass is 1100 g/mol. The number of nitrogens with zero attached hydrogens (tertiary/aromatic N) is 1. The Morgan fingerprint density at radius 2 is 0.740 bits per heavy atom. The average Bonchev–Trinajstić information content (AvgIpc) is 3.39. The molecule has 0 amide bonds. The molecule has 0 fully saturated rings. The average molecular weight is 1100 g/mol. The summed E-state index contributed by atoms with van der Waals surface area (Å²) in [5.41, 5.74) is 0. The Morgan fingerprint density at radius 3 is 1.10 bits per heavy atom. The molecule has 0 heterocycles. The molecule has 77 heavy (non-hydrogen) atoms. The van der Waals surface area contributed by atoms with Crippen LogP contribution in [0.3, 0.4) is 0 Å². The van der Waals surface area contributed by atoms with Gasteiger partial charge in [0.25, 0.3) is 0 Å². The van der Waals surface area contributed by atoms with Gasteiger partial charge < -0.3 is 18.9 Å². The Kier molecular flexibility index (Phi) is 55.8. The van der Waals surface area contributed by atoms with Crippen molar-refractivity contribution >= 4 is 19.8 Å². The smallest absolute Gasteiger partial charge is 0.462 e. The highest BCUT2D eigenvalue weighted by atomic mass is 31.2. The number of hydrogen-bond acceptors (Lipinski definition) is 7. The van der Waals surface area contributed by atoms with Crippen LogP contribution < -0.4 is 0 Å². The summed E-state index contributed by atoms with van der Waals surface area (Å²) >= 11 is 0. The predicted octanol–water partition coefficient (Wildman–Crippen LogP) is 20.2. The number of rotatable bonds is 58. The minimum absolute atomic E-state index is 0.0297. The van der Waals surface area contributed by atoms with E-state index in [0.717, 1.165) is 89.9 Å². The highest BCUT2D eigenvalue weighted by Gasteiger charge is 2.27. The molecule has 10 heteroatoms. The van der Waals surface area contributed by atoms with Crippen molar-refractivity contribution in [1.82, 2.24) is 0 Å². The molecule has 0 aliphatic carbocycles. The molecule has 0 radical (unpaired) electrons. The number of esters is 2. The lowest BCUT2D eigenvalue weighted by Crippen LogP contribution is -2.37. The number of phosphoric ester groups is 1. The third-order valence-electron chi connectivity index (χ3n) is 13.7. The maximum Gasteiger partial charge on any atom is 0.472 e. The zero-order valence-corrected chi connectivity index (χ0v) is 51.6. The normalized spacial score (nSPS) is 13.8. The summed E-state index contributed by atoms with van der Waals surface area (Å²) in [7, 11) is 1.48. The van der Waals surface area contributed by atoms with Crippen LogP contribution in [0.4, 0.5) is 0 Å². The van der Waals surface area contributed by atoms with E-state index in [1.165, 1.54) is 154 Å². The topological polar surface area (TPSA) is 108 Å². The largest absolute Gasteiger partial charge is 0.472 e. The molecule has 0 spiro atoms. The summed E-state index contributed by atoms with van der Waals surface area (Å²) in [6.45, 7) is 4.35. The molecule has 0 rings (SSSR count). The molecule has 446 valence electrons. The van der Waals surface area contributed by atoms with Crippen LogP contribution in [-0.4, -0.2) is 74.9 Å². The number of unbranched alkanes of at least 4 members (excludes halogenated alkanes) is 30. The van der Waals surface area contributed by atoms with Gasteiger partial charge in [0.1, 0.15) is 19.8 Å². The first-order valence-electron chi connectivity index (χ1n) is 31.8. The van der Waals surface area contributed by atoms with Crippen molar-refractivity contribution < 1.29 is 42.1 Å². The van der Waals surface area contributed by atoms with Crippen LogP contribution in [0.1, 0.15) is 277 Å². The summed E-state index contributed by atoms with van der Waals surface area (Å²) in [6.07, 6.45) is 78.0. The van der Waals surface area contributed by atoms with Crippen molar-refractivity contribution in [3.05, 3.63) is 85.1 Å². The van der Waals surface area contributed by atoms with Crippen LogP contribution >= 0.6 is 7.82 Å². The first-order chi connectivity index (χ1) is 37.5. The van der Waals surface area contributed by atoms with Gasteiger partial charge in [-0.3, -0.25) is 18.6 Å². The minimum Gasteiger partial charge on any atom is -0.462 e. The number of ether oxygens (including phenoxy) is 2. The lowest BCUT2D eigenvalue weighted by molar-refractivity contribution is -0.870. The second kappa shape index (κ2) is 57.9. The second-order valence-corrected chi connectivity index (χ2v) is 23.9. The Bertz CT molecular complexity index is 1580. The lowest BCUT2D eigenvalue weighted by Gasteiger charge is -2.24. The van der Waals surface area contributed by atoms with Gasteiger partial charge in [0.05, 0.1) is 27.7 Å². The van der Waals surface area contributed by atoms with Crippen molar-refractivity contribution in [1.29, 1.82) is 0 Å². The van der Waals surface area contributed by atoms with Crippen molar-refractivity contribution in [2.45, 2.75) is 283 Å². The summed E-state index contributed by atoms with van der Waals surface area (Å²) in [4.78, 5) is 35.8. The van der Waals surface area contributed by atoms with E-state index in [1.54, 1.807) is 0 Å². The molecule has 0 bridgehead atoms. The van der Waals surface area contributed by atoms with Crippen molar-refractivity contribution in [2.75, 3.05) is 47.5 Å². The quantitative estimate of drug-likeness (QED) is 0.0211. The molecule has 0 saturated heterocycles. The fourth-order valence-corrected chi connectivity index (χ4v) is 9.56. The highest BCUT2D eigenvalue weighted by Crippen LogP contribution is 2.43. The van der Waals surface area contributed by atoms with E-state index in [4.69, 9.17) is 18.5 Å². The Balaban J connectivity index is 4.11. The molecule has 2 atom stereocenters. The third-order valence-corrected chi connectivity index (χ3v) is 14.7. The number of carbonyl (C=O) groups is 2. The van der Waals surface area contributed by atoms with E-state index in [0.29, 0.717) is 17.4 Å². The summed E-state index contributed by atoms with van der Waals surface area (Å²) in [5, 5.41) is 0. The molecular formula is C67H121NO8P+. The van der Waals surface area contributed by atoms with Crippen LogP contribution in [0.15, 0.2) is 85.1 Å². The van der Waals surface area contributed by atoms with Gasteiger partial charge in [-0.25, -0.2) is 4.57 Å². The molecule has 0 aliphatic heterocycles. The summed E-state index contributed by atoms with van der Waals surface area (Å²) in [5.74, 6) is -0.792. The van der Waals surface area contributed by atoms with Crippen LogP contribution in [0, 0.1) is 0 Å². The molecule has 0 aromatic carbocycles. The fraction of sp³-hybridized carbons (Fsp3) is 0.761. The maximum absolute atomic E-state index is 12.8. The van der Waals surface area contributed by atoms with E-state index >= 15 is 0 Å². The van der Waals surface area contributed by atoms with Crippen molar-refractivity contribution in [3.8, 4) is 0 Å². The van der Waals surface area contributed by atoms with Gasteiger partial charge in [-0.2, -0.15) is 0 Å². The van der Waals surface area contributed by atoms with Crippen LogP contribution in [0.2, 0.25) is 0 Å². The van der Waals surface area contributed by atoms with E-state index in [2.05, 4.69) is 98.9 Å². The number of likely N-dealkylation sites (N-methyl/N-ethyl adjacent to an activating group) is 1. The third kappa shape index (κ3) is 62.3. The standard InChI is InChI=1S/C67H120NO8P/c1-6-8-10-12-14-16-18-20-22-24-26-28-29-30-31-32-33-34-35-36-37-38-39-40-42-44-46-48-50-52-54-56-58-60-67(70)76-65(64-75-77(71,72)74-62-61-68(3,4)5)63-73-66(69)59-57-55-53-51-49-47-45-43-41-27-25-23-21-19-17-15-13-11-9-7-2/h8,10,14,16,20,22,26,28,30-31,33-34,36-37,65H,6-7,9,11-13,15,17-19,21,23-25,27,29,32,35,38-64H2,1-5H3/p+1/b10-8-,16-14-,22-20-,28-26-,31-30-,34-33-,37-36-. The predicted molar refractivity (Wildman–Crippen MR) is 330 cm³/mol. The summed E-state index contributed by atoms with van der Waals surface area (Å²) < 4.78 is 34.6. The van der Waals surface area contributed by atoms with Gasteiger partial charge >= 0.3 is 19.8 Å². The first-order valence-corrected chi connectivity index (χ1v) is 33.3. The summed E-state index contributed by atoms with van der Waals surface area (Å²) in [6, 6.07) is 0. The maximum atomic E-state index is 12.8. The van der Waals surface area contributed by atoms with Crippen LogP contribution in [0.25, 0.3) is 0 Å². The molecule has 2 unspecified atom stereocenters. The van der Waals surface area contributed by atoms with Gasteiger partial charge in [-0.05, 0) is 70.6 Å². The zero-order valence-electron chi connectivity index (χ0n) is 50.7. The van der Waals surface area contributed by atoms with Crippen molar-refractivity contribution in [3.63, 3.8) is 0 Å².